The molecular formula is C14H23N5O5. The molecule has 2 aliphatic rings. The summed E-state index contributed by atoms with van der Waals surface area (Å²) >= 11 is 0. The number of carbonyl (C=O) groups is 1. The van der Waals surface area contributed by atoms with Gasteiger partial charge < -0.3 is 25.8 Å². The predicted molar refractivity (Wildman–Crippen MR) is 82.5 cm³/mol. The Balaban J connectivity index is 1.72. The van der Waals surface area contributed by atoms with Crippen LogP contribution in [0.25, 0.3) is 0 Å². The number of hydrazine groups is 1. The second-order valence-electron chi connectivity index (χ2n) is 6.10. The van der Waals surface area contributed by atoms with Crippen LogP contribution in [0.3, 0.4) is 0 Å². The highest BCUT2D eigenvalue weighted by molar-refractivity contribution is 5.96. The van der Waals surface area contributed by atoms with E-state index in [4.69, 9.17) is 15.6 Å². The van der Waals surface area contributed by atoms with Crippen LogP contribution in [-0.4, -0.2) is 73.8 Å². The van der Waals surface area contributed by atoms with Gasteiger partial charge in [0.1, 0.15) is 24.1 Å². The molecule has 1 aromatic rings. The minimum atomic E-state index is -1.28. The van der Waals surface area contributed by atoms with Gasteiger partial charge in [0.05, 0.1) is 12.9 Å². The molecule has 0 bridgehead atoms. The minimum absolute atomic E-state index is 0.0262. The SMILES string of the molecule is Nc1c(C(=O)NN2CCCCC2)ncn1[C@@H]1O[C@H](CO)[C@@H](O)[C@H]1O. The second-order valence-corrected chi connectivity index (χ2v) is 6.10. The van der Waals surface area contributed by atoms with Gasteiger partial charge in [0.2, 0.25) is 0 Å². The van der Waals surface area contributed by atoms with Gasteiger partial charge in [0.25, 0.3) is 5.91 Å². The number of amides is 1. The fraction of sp³-hybridized carbons (Fsp3) is 0.714. The van der Waals surface area contributed by atoms with Crippen LogP contribution in [0.15, 0.2) is 6.33 Å². The Kier molecular flexibility index (Phi) is 5.01. The Bertz CT molecular complexity index is 588. The number of nitrogens with two attached hydrogens (primary N) is 1. The van der Waals surface area contributed by atoms with Crippen LogP contribution < -0.4 is 11.2 Å². The summed E-state index contributed by atoms with van der Waals surface area (Å²) in [6.07, 6.45) is 0.0111. The van der Waals surface area contributed by atoms with Crippen LogP contribution in [0.5, 0.6) is 0 Å². The normalized spacial score (nSPS) is 31.3. The zero-order valence-electron chi connectivity index (χ0n) is 13.2. The molecule has 2 saturated heterocycles. The number of piperidine rings is 1. The molecule has 134 valence electrons. The van der Waals surface area contributed by atoms with Gasteiger partial charge in [-0.1, -0.05) is 6.42 Å². The van der Waals surface area contributed by atoms with Crippen LogP contribution >= 0.6 is 0 Å². The van der Waals surface area contributed by atoms with Gasteiger partial charge in [-0.25, -0.2) is 9.99 Å². The molecule has 1 aromatic heterocycles. The first-order chi connectivity index (χ1) is 11.5. The summed E-state index contributed by atoms with van der Waals surface area (Å²) in [5.41, 5.74) is 8.76. The maximum absolute atomic E-state index is 12.3. The van der Waals surface area contributed by atoms with E-state index in [0.29, 0.717) is 0 Å². The molecule has 0 spiro atoms. The topological polar surface area (TPSA) is 146 Å². The Hall–Kier alpha value is -1.72. The van der Waals surface area contributed by atoms with E-state index in [2.05, 4.69) is 10.4 Å². The fourth-order valence-corrected chi connectivity index (χ4v) is 3.06. The number of nitrogens with one attached hydrogen (secondary N) is 1. The molecule has 3 rings (SSSR count). The van der Waals surface area contributed by atoms with Crippen molar-refractivity contribution in [2.75, 3.05) is 25.4 Å². The van der Waals surface area contributed by atoms with Crippen molar-refractivity contribution < 1.29 is 24.9 Å². The van der Waals surface area contributed by atoms with Crippen LogP contribution in [-0.2, 0) is 4.74 Å². The van der Waals surface area contributed by atoms with Crippen LogP contribution in [0.2, 0.25) is 0 Å². The molecule has 10 heteroatoms. The van der Waals surface area contributed by atoms with Gasteiger partial charge in [-0.2, -0.15) is 0 Å². The quantitative estimate of drug-likeness (QED) is 0.431. The molecule has 0 saturated carbocycles. The monoisotopic (exact) mass is 341 g/mol. The molecule has 10 nitrogen and oxygen atoms in total. The maximum Gasteiger partial charge on any atom is 0.287 e. The minimum Gasteiger partial charge on any atom is -0.394 e. The molecule has 0 aliphatic carbocycles. The van der Waals surface area contributed by atoms with E-state index in [0.717, 1.165) is 32.4 Å². The van der Waals surface area contributed by atoms with Crippen molar-refractivity contribution in [2.24, 2.45) is 0 Å². The molecule has 0 aromatic carbocycles. The lowest BCUT2D eigenvalue weighted by Gasteiger charge is -2.26. The van der Waals surface area contributed by atoms with Crippen molar-refractivity contribution in [3.63, 3.8) is 0 Å². The zero-order chi connectivity index (χ0) is 17.3. The number of nitrogen functional groups attached to an aromatic ring is 1. The summed E-state index contributed by atoms with van der Waals surface area (Å²) in [6.45, 7) is 1.12. The van der Waals surface area contributed by atoms with E-state index in [1.807, 2.05) is 5.01 Å². The summed E-state index contributed by atoms with van der Waals surface area (Å²) < 4.78 is 6.68. The van der Waals surface area contributed by atoms with E-state index in [1.165, 1.54) is 10.9 Å². The van der Waals surface area contributed by atoms with E-state index >= 15 is 0 Å². The van der Waals surface area contributed by atoms with Crippen molar-refractivity contribution in [3.8, 4) is 0 Å². The molecule has 6 N–H and O–H groups in total. The number of hydrogen-bond acceptors (Lipinski definition) is 8. The van der Waals surface area contributed by atoms with E-state index in [9.17, 15) is 15.0 Å². The highest BCUT2D eigenvalue weighted by atomic mass is 16.6. The van der Waals surface area contributed by atoms with E-state index in [1.54, 1.807) is 0 Å². The summed E-state index contributed by atoms with van der Waals surface area (Å²) in [5, 5.41) is 30.8. The number of carbonyl (C=O) groups excluding carboxylic acids is 1. The van der Waals surface area contributed by atoms with Crippen molar-refractivity contribution in [3.05, 3.63) is 12.0 Å². The van der Waals surface area contributed by atoms with E-state index < -0.39 is 37.1 Å². The first-order valence-corrected chi connectivity index (χ1v) is 8.03. The number of ether oxygens (including phenoxy) is 1. The lowest BCUT2D eigenvalue weighted by atomic mass is 10.1. The van der Waals surface area contributed by atoms with Crippen LogP contribution in [0, 0.1) is 0 Å². The Morgan fingerprint density at radius 3 is 2.67 bits per heavy atom. The lowest BCUT2D eigenvalue weighted by Crippen LogP contribution is -2.45. The van der Waals surface area contributed by atoms with Crippen LogP contribution in [0.1, 0.15) is 36.0 Å². The molecule has 24 heavy (non-hydrogen) atoms. The van der Waals surface area contributed by atoms with Gasteiger partial charge >= 0.3 is 0 Å². The molecule has 4 atom stereocenters. The van der Waals surface area contributed by atoms with Crippen molar-refractivity contribution in [1.29, 1.82) is 0 Å². The number of nitrogens with zero attached hydrogens (tertiary/aromatic N) is 3. The molecular weight excluding hydrogens is 318 g/mol. The van der Waals surface area contributed by atoms with Gasteiger partial charge in [0.15, 0.2) is 11.9 Å². The zero-order valence-corrected chi connectivity index (χ0v) is 13.2. The molecule has 2 aliphatic heterocycles. The third kappa shape index (κ3) is 3.10. The smallest absolute Gasteiger partial charge is 0.287 e. The number of aliphatic hydroxyl groups is 3. The number of imidazole rings is 1. The molecule has 0 unspecified atom stereocenters. The Labute approximate surface area is 138 Å². The second kappa shape index (κ2) is 7.03. The molecule has 2 fully saturated rings. The van der Waals surface area contributed by atoms with Gasteiger partial charge in [0, 0.05) is 13.1 Å². The van der Waals surface area contributed by atoms with Crippen molar-refractivity contribution in [2.45, 2.75) is 43.8 Å². The summed E-state index contributed by atoms with van der Waals surface area (Å²) in [7, 11) is 0. The number of aromatic nitrogens is 2. The number of hydrogen-bond donors (Lipinski definition) is 5. The fourth-order valence-electron chi connectivity index (χ4n) is 3.06. The first kappa shape index (κ1) is 17.1. The first-order valence-electron chi connectivity index (χ1n) is 8.03. The van der Waals surface area contributed by atoms with E-state index in [-0.39, 0.29) is 11.5 Å². The van der Waals surface area contributed by atoms with Gasteiger partial charge in [-0.05, 0) is 12.8 Å². The van der Waals surface area contributed by atoms with Gasteiger partial charge in [-0.15, -0.1) is 0 Å². The lowest BCUT2D eigenvalue weighted by molar-refractivity contribution is -0.0518. The summed E-state index contributed by atoms with van der Waals surface area (Å²) in [5.74, 6) is -0.403. The van der Waals surface area contributed by atoms with Crippen molar-refractivity contribution >= 4 is 11.7 Å². The average molecular weight is 341 g/mol. The van der Waals surface area contributed by atoms with Crippen molar-refractivity contribution in [1.82, 2.24) is 20.0 Å². The summed E-state index contributed by atoms with van der Waals surface area (Å²) in [4.78, 5) is 16.3. The number of rotatable bonds is 4. The number of aliphatic hydroxyl groups excluding tert-OH is 3. The third-order valence-corrected chi connectivity index (χ3v) is 4.45. The summed E-state index contributed by atoms with van der Waals surface area (Å²) in [6, 6.07) is 0. The molecule has 0 radical (unpaired) electrons. The third-order valence-electron chi connectivity index (χ3n) is 4.45. The highest BCUT2D eigenvalue weighted by Crippen LogP contribution is 2.31. The predicted octanol–water partition coefficient (Wildman–Crippen LogP) is -1.79. The standard InChI is InChI=1S/C14H23N5O5/c15-12-9(13(23)17-18-4-2-1-3-5-18)16-7-19(12)14-11(22)10(21)8(6-20)24-14/h7-8,10-11,14,20-22H,1-6,15H2,(H,17,23)/t8-,10-,11-,14-/m1/s1. The molecule has 1 amide bonds. The maximum atomic E-state index is 12.3. The average Bonchev–Trinajstić information content (AvgIpc) is 3.09. The van der Waals surface area contributed by atoms with Gasteiger partial charge in [-0.3, -0.25) is 14.8 Å². The highest BCUT2D eigenvalue weighted by Gasteiger charge is 2.44. The Morgan fingerprint density at radius 2 is 2.04 bits per heavy atom. The largest absolute Gasteiger partial charge is 0.394 e. The Morgan fingerprint density at radius 1 is 1.33 bits per heavy atom. The van der Waals surface area contributed by atoms with Crippen LogP contribution in [0.4, 0.5) is 5.82 Å². The molecule has 3 heterocycles. The number of anilines is 1.